The van der Waals surface area contributed by atoms with Crippen molar-refractivity contribution in [1.82, 2.24) is 14.9 Å². The predicted octanol–water partition coefficient (Wildman–Crippen LogP) is 3.15. The first-order chi connectivity index (χ1) is 13.5. The summed E-state index contributed by atoms with van der Waals surface area (Å²) in [7, 11) is 4.56. The minimum Gasteiger partial charge on any atom is -0.502 e. The van der Waals surface area contributed by atoms with Gasteiger partial charge in [-0.2, -0.15) is 14.9 Å². The number of nitrogens with zero attached hydrogens (tertiary/aromatic N) is 3. The van der Waals surface area contributed by atoms with Gasteiger partial charge in [-0.25, -0.2) is 0 Å². The van der Waals surface area contributed by atoms with Crippen molar-refractivity contribution in [3.63, 3.8) is 0 Å². The average molecular weight is 400 g/mol. The van der Waals surface area contributed by atoms with Crippen molar-refractivity contribution >= 4 is 18.4 Å². The van der Waals surface area contributed by atoms with Crippen molar-refractivity contribution in [3.8, 4) is 23.0 Å². The molecule has 0 saturated carbocycles. The zero-order chi connectivity index (χ0) is 20.1. The Labute approximate surface area is 167 Å². The van der Waals surface area contributed by atoms with Crippen molar-refractivity contribution in [2.45, 2.75) is 6.42 Å². The summed E-state index contributed by atoms with van der Waals surface area (Å²) in [4.78, 5) is 0. The van der Waals surface area contributed by atoms with Gasteiger partial charge in [-0.3, -0.25) is 5.10 Å². The fourth-order valence-corrected chi connectivity index (χ4v) is 2.79. The van der Waals surface area contributed by atoms with E-state index in [0.717, 1.165) is 11.3 Å². The molecule has 1 heterocycles. The van der Waals surface area contributed by atoms with Crippen molar-refractivity contribution in [3.05, 3.63) is 58.1 Å². The van der Waals surface area contributed by atoms with E-state index in [1.54, 1.807) is 30.1 Å². The monoisotopic (exact) mass is 400 g/mol. The molecule has 9 heteroatoms. The SMILES string of the molecule is COc1ccc(Cc2n[nH]c(=S)n2/N=C/c2cc(OC)c(O)c(OC)c2)cc1. The molecule has 0 atom stereocenters. The van der Waals surface area contributed by atoms with Gasteiger partial charge in [-0.15, -0.1) is 0 Å². The van der Waals surface area contributed by atoms with Gasteiger partial charge < -0.3 is 19.3 Å². The van der Waals surface area contributed by atoms with Gasteiger partial charge in [0, 0.05) is 12.0 Å². The van der Waals surface area contributed by atoms with Gasteiger partial charge in [0.1, 0.15) is 5.75 Å². The third-order valence-corrected chi connectivity index (χ3v) is 4.33. The van der Waals surface area contributed by atoms with Crippen molar-refractivity contribution in [2.75, 3.05) is 21.3 Å². The van der Waals surface area contributed by atoms with Crippen LogP contribution < -0.4 is 14.2 Å². The Morgan fingerprint density at radius 2 is 1.75 bits per heavy atom. The maximum Gasteiger partial charge on any atom is 0.216 e. The number of benzene rings is 2. The van der Waals surface area contributed by atoms with E-state index in [1.165, 1.54) is 14.2 Å². The molecule has 0 radical (unpaired) electrons. The molecule has 2 N–H and O–H groups in total. The summed E-state index contributed by atoms with van der Waals surface area (Å²) in [5.74, 6) is 1.95. The van der Waals surface area contributed by atoms with Gasteiger partial charge in [0.25, 0.3) is 0 Å². The Hall–Kier alpha value is -3.33. The first-order valence-electron chi connectivity index (χ1n) is 8.34. The number of aromatic nitrogens is 3. The highest BCUT2D eigenvalue weighted by molar-refractivity contribution is 7.71. The van der Waals surface area contributed by atoms with E-state index in [4.69, 9.17) is 26.4 Å². The Bertz CT molecular complexity index is 1020. The quantitative estimate of drug-likeness (QED) is 0.467. The normalized spacial score (nSPS) is 11.0. The van der Waals surface area contributed by atoms with Gasteiger partial charge >= 0.3 is 0 Å². The molecule has 0 aliphatic rings. The summed E-state index contributed by atoms with van der Waals surface area (Å²) >= 11 is 5.28. The van der Waals surface area contributed by atoms with Crippen LogP contribution in [0.3, 0.4) is 0 Å². The number of hydrogen-bond donors (Lipinski definition) is 2. The van der Waals surface area contributed by atoms with Crippen LogP contribution in [-0.4, -0.2) is 47.5 Å². The maximum absolute atomic E-state index is 10.0. The second-order valence-corrected chi connectivity index (χ2v) is 6.19. The Kier molecular flexibility index (Phi) is 5.95. The minimum atomic E-state index is -0.0673. The third-order valence-electron chi connectivity index (χ3n) is 4.06. The van der Waals surface area contributed by atoms with Crippen LogP contribution in [-0.2, 0) is 6.42 Å². The van der Waals surface area contributed by atoms with Gasteiger partial charge in [0.05, 0.1) is 27.5 Å². The predicted molar refractivity (Wildman–Crippen MR) is 107 cm³/mol. The molecule has 0 saturated heterocycles. The van der Waals surface area contributed by atoms with Crippen LogP contribution in [0.15, 0.2) is 41.5 Å². The number of H-pyrrole nitrogens is 1. The minimum absolute atomic E-state index is 0.0673. The number of nitrogens with one attached hydrogen (secondary N) is 1. The van der Waals surface area contributed by atoms with E-state index in [-0.39, 0.29) is 17.2 Å². The van der Waals surface area contributed by atoms with Gasteiger partial charge in [0.15, 0.2) is 17.3 Å². The molecule has 0 aliphatic carbocycles. The number of rotatable bonds is 7. The lowest BCUT2D eigenvalue weighted by atomic mass is 10.1. The van der Waals surface area contributed by atoms with Crippen LogP contribution in [0.2, 0.25) is 0 Å². The second kappa shape index (κ2) is 8.57. The molecule has 0 fully saturated rings. The standard InChI is InChI=1S/C19H20N4O4S/c1-25-14-6-4-12(5-7-14)10-17-21-22-19(28)23(17)20-11-13-8-15(26-2)18(24)16(9-13)27-3/h4-9,11,24H,10H2,1-3H3,(H,22,28)/b20-11+. The molecule has 3 rings (SSSR count). The fourth-order valence-electron chi connectivity index (χ4n) is 2.60. The smallest absolute Gasteiger partial charge is 0.216 e. The summed E-state index contributed by atoms with van der Waals surface area (Å²) in [6.45, 7) is 0. The first kappa shape index (κ1) is 19.4. The molecular formula is C19H20N4O4S. The summed E-state index contributed by atoms with van der Waals surface area (Å²) in [6.07, 6.45) is 2.13. The molecule has 0 aliphatic heterocycles. The molecule has 1 aromatic heterocycles. The molecule has 146 valence electrons. The van der Waals surface area contributed by atoms with Crippen LogP contribution in [0.25, 0.3) is 0 Å². The lowest BCUT2D eigenvalue weighted by molar-refractivity contribution is 0.340. The fraction of sp³-hybridized carbons (Fsp3) is 0.211. The zero-order valence-corrected chi connectivity index (χ0v) is 16.5. The number of methoxy groups -OCH3 is 3. The Balaban J connectivity index is 1.88. The zero-order valence-electron chi connectivity index (χ0n) is 15.7. The number of phenolic OH excluding ortho intramolecular Hbond substituents is 1. The van der Waals surface area contributed by atoms with Crippen LogP contribution >= 0.6 is 12.2 Å². The molecule has 28 heavy (non-hydrogen) atoms. The van der Waals surface area contributed by atoms with Gasteiger partial charge in [0.2, 0.25) is 10.5 Å². The highest BCUT2D eigenvalue weighted by Gasteiger charge is 2.11. The molecule has 0 spiro atoms. The van der Waals surface area contributed by atoms with Crippen molar-refractivity contribution in [2.24, 2.45) is 5.10 Å². The van der Waals surface area contributed by atoms with Crippen LogP contribution in [0, 0.1) is 4.77 Å². The van der Waals surface area contributed by atoms with Crippen molar-refractivity contribution in [1.29, 1.82) is 0 Å². The first-order valence-corrected chi connectivity index (χ1v) is 8.75. The topological polar surface area (TPSA) is 93.9 Å². The summed E-state index contributed by atoms with van der Waals surface area (Å²) in [6, 6.07) is 11.0. The number of phenols is 1. The number of aromatic hydroxyl groups is 1. The van der Waals surface area contributed by atoms with Crippen LogP contribution in [0.4, 0.5) is 0 Å². The molecule has 8 nitrogen and oxygen atoms in total. The number of hydrogen-bond acceptors (Lipinski definition) is 7. The maximum atomic E-state index is 10.0. The van der Waals surface area contributed by atoms with Crippen molar-refractivity contribution < 1.29 is 19.3 Å². The van der Waals surface area contributed by atoms with Gasteiger partial charge in [-0.1, -0.05) is 12.1 Å². The molecular weight excluding hydrogens is 380 g/mol. The summed E-state index contributed by atoms with van der Waals surface area (Å²) < 4.78 is 17.4. The summed E-state index contributed by atoms with van der Waals surface area (Å²) in [5.41, 5.74) is 1.71. The van der Waals surface area contributed by atoms with E-state index < -0.39 is 0 Å². The highest BCUT2D eigenvalue weighted by Crippen LogP contribution is 2.36. The van der Waals surface area contributed by atoms with E-state index in [1.807, 2.05) is 24.3 Å². The third kappa shape index (κ3) is 4.15. The summed E-state index contributed by atoms with van der Waals surface area (Å²) in [5, 5.41) is 21.5. The van der Waals surface area contributed by atoms with E-state index in [2.05, 4.69) is 15.3 Å². The highest BCUT2D eigenvalue weighted by atomic mass is 32.1. The Morgan fingerprint density at radius 1 is 1.11 bits per heavy atom. The average Bonchev–Trinajstić information content (AvgIpc) is 3.06. The molecule has 3 aromatic rings. The Morgan fingerprint density at radius 3 is 2.32 bits per heavy atom. The number of ether oxygens (including phenoxy) is 3. The number of aromatic amines is 1. The van der Waals surface area contributed by atoms with E-state index in [0.29, 0.717) is 22.6 Å². The second-order valence-electron chi connectivity index (χ2n) is 5.80. The lowest BCUT2D eigenvalue weighted by Gasteiger charge is -2.09. The van der Waals surface area contributed by atoms with Gasteiger partial charge in [-0.05, 0) is 42.0 Å². The lowest BCUT2D eigenvalue weighted by Crippen LogP contribution is -2.01. The largest absolute Gasteiger partial charge is 0.502 e. The van der Waals surface area contributed by atoms with Crippen LogP contribution in [0.1, 0.15) is 17.0 Å². The van der Waals surface area contributed by atoms with Crippen LogP contribution in [0.5, 0.6) is 23.0 Å². The van der Waals surface area contributed by atoms with E-state index >= 15 is 0 Å². The van der Waals surface area contributed by atoms with E-state index in [9.17, 15) is 5.11 Å². The molecule has 0 unspecified atom stereocenters. The molecule has 2 aromatic carbocycles. The molecule has 0 amide bonds. The molecule has 0 bridgehead atoms.